The van der Waals surface area contributed by atoms with Crippen LogP contribution >= 0.6 is 0 Å². The molecule has 2 unspecified atom stereocenters. The van der Waals surface area contributed by atoms with Crippen LogP contribution in [-0.4, -0.2) is 28.6 Å². The molecule has 2 aromatic rings. The monoisotopic (exact) mass is 292 g/mol. The van der Waals surface area contributed by atoms with Crippen molar-refractivity contribution >= 4 is 0 Å². The van der Waals surface area contributed by atoms with Crippen molar-refractivity contribution in [1.82, 2.24) is 9.88 Å². The zero-order valence-electron chi connectivity index (χ0n) is 12.0. The van der Waals surface area contributed by atoms with Gasteiger partial charge in [-0.05, 0) is 37.7 Å². The van der Waals surface area contributed by atoms with Crippen LogP contribution in [0.5, 0.6) is 0 Å². The Hall–Kier alpha value is -1.85. The summed E-state index contributed by atoms with van der Waals surface area (Å²) in [6.45, 7) is 2.06. The predicted molar refractivity (Wildman–Crippen MR) is 76.6 cm³/mol. The number of benzene rings is 1. The summed E-state index contributed by atoms with van der Waals surface area (Å²) >= 11 is 0. The normalized spacial score (nSPS) is 14.2. The fourth-order valence-electron chi connectivity index (χ4n) is 2.23. The standard InChI is InChI=1S/C16H18F2N2O/c1-11(12-5-4-8-19-9-12)20(2)10-15(21)16-13(17)6-3-7-14(16)18/h3-9,11,15,21H,10H2,1-2H3. The molecule has 0 aliphatic rings. The SMILES string of the molecule is CC(c1cccnc1)N(C)CC(O)c1c(F)cccc1F. The van der Waals surface area contributed by atoms with E-state index in [2.05, 4.69) is 4.98 Å². The molecule has 0 bridgehead atoms. The average molecular weight is 292 g/mol. The lowest BCUT2D eigenvalue weighted by Gasteiger charge is -2.27. The number of likely N-dealkylation sites (N-methyl/N-ethyl adjacent to an activating group) is 1. The van der Waals surface area contributed by atoms with Crippen LogP contribution in [0.25, 0.3) is 0 Å². The van der Waals surface area contributed by atoms with Crippen molar-refractivity contribution in [2.24, 2.45) is 0 Å². The fraction of sp³-hybridized carbons (Fsp3) is 0.312. The van der Waals surface area contributed by atoms with E-state index in [1.807, 2.05) is 24.0 Å². The van der Waals surface area contributed by atoms with Crippen molar-refractivity contribution in [2.75, 3.05) is 13.6 Å². The molecule has 0 saturated carbocycles. The highest BCUT2D eigenvalue weighted by Crippen LogP contribution is 2.24. The number of hydrogen-bond donors (Lipinski definition) is 1. The van der Waals surface area contributed by atoms with Crippen LogP contribution in [-0.2, 0) is 0 Å². The second-order valence-corrected chi connectivity index (χ2v) is 5.05. The molecule has 0 radical (unpaired) electrons. The summed E-state index contributed by atoms with van der Waals surface area (Å²) in [5.74, 6) is -1.46. The summed E-state index contributed by atoms with van der Waals surface area (Å²) in [6, 6.07) is 7.29. The molecular weight excluding hydrogens is 274 g/mol. The molecule has 1 heterocycles. The molecule has 21 heavy (non-hydrogen) atoms. The molecule has 1 aromatic heterocycles. The average Bonchev–Trinajstić information content (AvgIpc) is 2.47. The first-order valence-corrected chi connectivity index (χ1v) is 6.73. The molecule has 0 amide bonds. The van der Waals surface area contributed by atoms with Gasteiger partial charge in [0.05, 0.1) is 11.7 Å². The maximum atomic E-state index is 13.6. The van der Waals surface area contributed by atoms with Crippen molar-refractivity contribution in [3.8, 4) is 0 Å². The Morgan fingerprint density at radius 3 is 2.43 bits per heavy atom. The van der Waals surface area contributed by atoms with Crippen LogP contribution in [0.1, 0.15) is 30.2 Å². The number of aromatic nitrogens is 1. The number of hydrogen-bond acceptors (Lipinski definition) is 3. The van der Waals surface area contributed by atoms with Gasteiger partial charge in [0.1, 0.15) is 11.6 Å². The van der Waals surface area contributed by atoms with Gasteiger partial charge in [-0.1, -0.05) is 12.1 Å². The van der Waals surface area contributed by atoms with Gasteiger partial charge >= 0.3 is 0 Å². The second kappa shape index (κ2) is 6.74. The lowest BCUT2D eigenvalue weighted by Crippen LogP contribution is -2.28. The van der Waals surface area contributed by atoms with E-state index in [-0.39, 0.29) is 18.2 Å². The minimum atomic E-state index is -1.23. The third kappa shape index (κ3) is 3.62. The predicted octanol–water partition coefficient (Wildman–Crippen LogP) is 3.09. The van der Waals surface area contributed by atoms with Crippen molar-refractivity contribution < 1.29 is 13.9 Å². The Bertz CT molecular complexity index is 572. The summed E-state index contributed by atoms with van der Waals surface area (Å²) in [5, 5.41) is 10.1. The van der Waals surface area contributed by atoms with E-state index < -0.39 is 17.7 Å². The first-order chi connectivity index (χ1) is 10.0. The van der Waals surface area contributed by atoms with E-state index in [1.54, 1.807) is 19.4 Å². The van der Waals surface area contributed by atoms with Gasteiger partial charge in [-0.2, -0.15) is 0 Å². The van der Waals surface area contributed by atoms with Crippen LogP contribution in [0.15, 0.2) is 42.7 Å². The molecule has 3 nitrogen and oxygen atoms in total. The molecule has 0 aliphatic carbocycles. The molecule has 2 atom stereocenters. The highest BCUT2D eigenvalue weighted by atomic mass is 19.1. The first kappa shape index (κ1) is 15.5. The molecule has 112 valence electrons. The minimum absolute atomic E-state index is 0.0248. The quantitative estimate of drug-likeness (QED) is 0.920. The van der Waals surface area contributed by atoms with Crippen LogP contribution < -0.4 is 0 Å². The van der Waals surface area contributed by atoms with E-state index >= 15 is 0 Å². The van der Waals surface area contributed by atoms with Crippen LogP contribution in [0, 0.1) is 11.6 Å². The molecule has 1 aromatic carbocycles. The Morgan fingerprint density at radius 1 is 1.19 bits per heavy atom. The Balaban J connectivity index is 2.10. The van der Waals surface area contributed by atoms with E-state index in [0.29, 0.717) is 0 Å². The number of nitrogens with zero attached hydrogens (tertiary/aromatic N) is 2. The molecule has 0 saturated heterocycles. The van der Waals surface area contributed by atoms with Gasteiger partial charge in [-0.25, -0.2) is 8.78 Å². The molecule has 0 aliphatic heterocycles. The lowest BCUT2D eigenvalue weighted by molar-refractivity contribution is 0.102. The molecule has 2 rings (SSSR count). The highest BCUT2D eigenvalue weighted by molar-refractivity contribution is 5.22. The number of halogens is 2. The number of rotatable bonds is 5. The van der Waals surface area contributed by atoms with Crippen LogP contribution in [0.3, 0.4) is 0 Å². The van der Waals surface area contributed by atoms with E-state index in [1.165, 1.54) is 6.07 Å². The van der Waals surface area contributed by atoms with E-state index in [0.717, 1.165) is 17.7 Å². The van der Waals surface area contributed by atoms with Gasteiger partial charge < -0.3 is 5.11 Å². The zero-order chi connectivity index (χ0) is 15.4. The molecule has 1 N–H and O–H groups in total. The lowest BCUT2D eigenvalue weighted by atomic mass is 10.1. The summed E-state index contributed by atoms with van der Waals surface area (Å²) in [6.07, 6.45) is 2.19. The highest BCUT2D eigenvalue weighted by Gasteiger charge is 2.21. The van der Waals surface area contributed by atoms with Crippen LogP contribution in [0.4, 0.5) is 8.78 Å². The summed E-state index contributed by atoms with van der Waals surface area (Å²) in [4.78, 5) is 5.87. The zero-order valence-corrected chi connectivity index (χ0v) is 12.0. The summed E-state index contributed by atoms with van der Waals surface area (Å²) in [7, 11) is 1.79. The minimum Gasteiger partial charge on any atom is -0.387 e. The molecule has 0 fully saturated rings. The second-order valence-electron chi connectivity index (χ2n) is 5.05. The Kier molecular flexibility index (Phi) is 4.98. The third-order valence-corrected chi connectivity index (χ3v) is 3.62. The third-order valence-electron chi connectivity index (χ3n) is 3.62. The Labute approximate surface area is 122 Å². The maximum absolute atomic E-state index is 13.6. The first-order valence-electron chi connectivity index (χ1n) is 6.73. The number of aliphatic hydroxyl groups is 1. The van der Waals surface area contributed by atoms with Crippen LogP contribution in [0.2, 0.25) is 0 Å². The number of pyridine rings is 1. The van der Waals surface area contributed by atoms with E-state index in [4.69, 9.17) is 0 Å². The van der Waals surface area contributed by atoms with Gasteiger partial charge in [-0.15, -0.1) is 0 Å². The topological polar surface area (TPSA) is 36.4 Å². The maximum Gasteiger partial charge on any atom is 0.131 e. The van der Waals surface area contributed by atoms with Gasteiger partial charge in [-0.3, -0.25) is 9.88 Å². The van der Waals surface area contributed by atoms with E-state index in [9.17, 15) is 13.9 Å². The van der Waals surface area contributed by atoms with Crippen molar-refractivity contribution in [3.63, 3.8) is 0 Å². The van der Waals surface area contributed by atoms with Gasteiger partial charge in [0.15, 0.2) is 0 Å². The van der Waals surface area contributed by atoms with Crippen molar-refractivity contribution in [2.45, 2.75) is 19.1 Å². The molecule has 0 spiro atoms. The molecular formula is C16H18F2N2O. The Morgan fingerprint density at radius 2 is 1.86 bits per heavy atom. The summed E-state index contributed by atoms with van der Waals surface area (Å²) < 4.78 is 27.3. The smallest absolute Gasteiger partial charge is 0.131 e. The van der Waals surface area contributed by atoms with Crippen molar-refractivity contribution in [3.05, 3.63) is 65.5 Å². The van der Waals surface area contributed by atoms with Gasteiger partial charge in [0.25, 0.3) is 0 Å². The largest absolute Gasteiger partial charge is 0.387 e. The van der Waals surface area contributed by atoms with Crippen molar-refractivity contribution in [1.29, 1.82) is 0 Å². The van der Waals surface area contributed by atoms with Gasteiger partial charge in [0.2, 0.25) is 0 Å². The number of aliphatic hydroxyl groups excluding tert-OH is 1. The van der Waals surface area contributed by atoms with Gasteiger partial charge in [0, 0.05) is 25.0 Å². The molecule has 5 heteroatoms. The fourth-order valence-corrected chi connectivity index (χ4v) is 2.23. The summed E-state index contributed by atoms with van der Waals surface area (Å²) in [5.41, 5.74) is 0.684.